The highest BCUT2D eigenvalue weighted by molar-refractivity contribution is 7.88. The molecule has 0 spiro atoms. The second kappa shape index (κ2) is 8.18. The lowest BCUT2D eigenvalue weighted by atomic mass is 9.94. The average molecular weight is 384 g/mol. The van der Waals surface area contributed by atoms with Crippen LogP contribution in [0.2, 0.25) is 0 Å². The molecule has 1 aromatic rings. The van der Waals surface area contributed by atoms with E-state index in [1.165, 1.54) is 6.07 Å². The van der Waals surface area contributed by atoms with E-state index in [0.29, 0.717) is 17.5 Å². The molecule has 0 aliphatic heterocycles. The van der Waals surface area contributed by atoms with Gasteiger partial charge in [0.1, 0.15) is 0 Å². The largest absolute Gasteiger partial charge is 0.481 e. The van der Waals surface area contributed by atoms with Crippen LogP contribution in [0.4, 0.5) is 0 Å². The van der Waals surface area contributed by atoms with Crippen molar-refractivity contribution in [2.24, 2.45) is 0 Å². The fourth-order valence-electron chi connectivity index (χ4n) is 2.46. The minimum Gasteiger partial charge on any atom is -0.481 e. The third kappa shape index (κ3) is 7.53. The fourth-order valence-corrected chi connectivity index (χ4v) is 4.09. The first-order chi connectivity index (χ1) is 11.8. The lowest BCUT2D eigenvalue weighted by Gasteiger charge is -2.28. The highest BCUT2D eigenvalue weighted by Gasteiger charge is 2.28. The van der Waals surface area contributed by atoms with Gasteiger partial charge in [-0.05, 0) is 51.8 Å². The lowest BCUT2D eigenvalue weighted by Crippen LogP contribution is -2.47. The van der Waals surface area contributed by atoms with E-state index < -0.39 is 33.0 Å². The number of hydrogen-bond acceptors (Lipinski definition) is 4. The molecule has 0 aliphatic rings. The zero-order valence-electron chi connectivity index (χ0n) is 15.9. The summed E-state index contributed by atoms with van der Waals surface area (Å²) < 4.78 is 27.0. The highest BCUT2D eigenvalue weighted by atomic mass is 32.2. The molecule has 0 aliphatic carbocycles. The Labute approximate surface area is 155 Å². The molecular weight excluding hydrogens is 356 g/mol. The Morgan fingerprint density at radius 1 is 1.15 bits per heavy atom. The summed E-state index contributed by atoms with van der Waals surface area (Å²) in [6, 6.07) is 6.32. The lowest BCUT2D eigenvalue weighted by molar-refractivity contribution is -0.138. The molecule has 1 rings (SSSR count). The van der Waals surface area contributed by atoms with E-state index in [-0.39, 0.29) is 12.2 Å². The molecule has 0 radical (unpaired) electrons. The monoisotopic (exact) mass is 384 g/mol. The minimum absolute atomic E-state index is 0.196. The standard InChI is InChI=1S/C18H28N2O5S/c1-6-18(5,11-15(21)22)19-16(23)14-9-7-8-13(10-14)12-26(24,25)20-17(2,3)4/h7-10,20H,6,11-12H2,1-5H3,(H,19,23)(H,21,22). The van der Waals surface area contributed by atoms with Crippen molar-refractivity contribution in [3.05, 3.63) is 35.4 Å². The molecular formula is C18H28N2O5S. The highest BCUT2D eigenvalue weighted by Crippen LogP contribution is 2.17. The van der Waals surface area contributed by atoms with E-state index >= 15 is 0 Å². The Hall–Kier alpha value is -1.93. The summed E-state index contributed by atoms with van der Waals surface area (Å²) >= 11 is 0. The minimum atomic E-state index is -3.55. The van der Waals surface area contributed by atoms with Crippen LogP contribution in [0.1, 0.15) is 63.4 Å². The first-order valence-corrected chi connectivity index (χ1v) is 10.1. The molecule has 3 N–H and O–H groups in total. The molecule has 0 bridgehead atoms. The quantitative estimate of drug-likeness (QED) is 0.636. The van der Waals surface area contributed by atoms with Crippen LogP contribution in [0.3, 0.4) is 0 Å². The maximum absolute atomic E-state index is 12.5. The Morgan fingerprint density at radius 2 is 1.77 bits per heavy atom. The molecule has 1 aromatic carbocycles. The topological polar surface area (TPSA) is 113 Å². The summed E-state index contributed by atoms with van der Waals surface area (Å²) in [7, 11) is -3.55. The summed E-state index contributed by atoms with van der Waals surface area (Å²) in [5.74, 6) is -1.67. The predicted molar refractivity (Wildman–Crippen MR) is 100 cm³/mol. The number of nitrogens with one attached hydrogen (secondary N) is 2. The Balaban J connectivity index is 2.95. The predicted octanol–water partition coefficient (Wildman–Crippen LogP) is 2.28. The van der Waals surface area contributed by atoms with Crippen molar-refractivity contribution < 1.29 is 23.1 Å². The number of carbonyl (C=O) groups excluding carboxylic acids is 1. The van der Waals surface area contributed by atoms with Gasteiger partial charge in [-0.25, -0.2) is 13.1 Å². The van der Waals surface area contributed by atoms with Crippen molar-refractivity contribution >= 4 is 21.9 Å². The summed E-state index contributed by atoms with van der Waals surface area (Å²) in [5.41, 5.74) is -0.698. The van der Waals surface area contributed by atoms with Crippen LogP contribution in [0.15, 0.2) is 24.3 Å². The van der Waals surface area contributed by atoms with Crippen molar-refractivity contribution in [3.8, 4) is 0 Å². The van der Waals surface area contributed by atoms with Gasteiger partial charge in [0.25, 0.3) is 5.91 Å². The number of hydrogen-bond donors (Lipinski definition) is 3. The number of carbonyl (C=O) groups is 2. The molecule has 0 saturated carbocycles. The van der Waals surface area contributed by atoms with Crippen LogP contribution in [-0.4, -0.2) is 36.5 Å². The number of aliphatic carboxylic acids is 1. The van der Waals surface area contributed by atoms with E-state index in [1.54, 1.807) is 52.8 Å². The average Bonchev–Trinajstić information content (AvgIpc) is 2.43. The van der Waals surface area contributed by atoms with Gasteiger partial charge in [0.05, 0.1) is 12.2 Å². The number of carboxylic acid groups (broad SMARTS) is 1. The van der Waals surface area contributed by atoms with E-state index in [4.69, 9.17) is 5.11 Å². The number of carboxylic acids is 1. The number of amides is 1. The number of sulfonamides is 1. The van der Waals surface area contributed by atoms with Crippen molar-refractivity contribution in [2.75, 3.05) is 0 Å². The first kappa shape index (κ1) is 22.1. The van der Waals surface area contributed by atoms with Gasteiger partial charge in [-0.2, -0.15) is 0 Å². The fraction of sp³-hybridized carbons (Fsp3) is 0.556. The van der Waals surface area contributed by atoms with Gasteiger partial charge in [0.15, 0.2) is 0 Å². The second-order valence-electron chi connectivity index (χ2n) is 7.75. The van der Waals surface area contributed by atoms with Gasteiger partial charge in [0, 0.05) is 16.6 Å². The SMILES string of the molecule is CCC(C)(CC(=O)O)NC(=O)c1cccc(CS(=O)(=O)NC(C)(C)C)c1. The van der Waals surface area contributed by atoms with Crippen molar-refractivity contribution in [1.29, 1.82) is 0 Å². The molecule has 146 valence electrons. The van der Waals surface area contributed by atoms with Gasteiger partial charge in [-0.1, -0.05) is 19.1 Å². The van der Waals surface area contributed by atoms with Crippen molar-refractivity contribution in [2.45, 2.75) is 64.3 Å². The molecule has 1 atom stereocenters. The zero-order valence-corrected chi connectivity index (χ0v) is 16.7. The summed E-state index contributed by atoms with van der Waals surface area (Å²) in [6.07, 6.45) is 0.257. The molecule has 7 nitrogen and oxygen atoms in total. The van der Waals surface area contributed by atoms with Crippen molar-refractivity contribution in [1.82, 2.24) is 10.0 Å². The molecule has 0 heterocycles. The van der Waals surface area contributed by atoms with Gasteiger partial charge in [-0.15, -0.1) is 0 Å². The van der Waals surface area contributed by atoms with Crippen LogP contribution < -0.4 is 10.0 Å². The number of benzene rings is 1. The van der Waals surface area contributed by atoms with Gasteiger partial charge in [-0.3, -0.25) is 9.59 Å². The van der Waals surface area contributed by atoms with E-state index in [9.17, 15) is 18.0 Å². The second-order valence-corrected chi connectivity index (χ2v) is 9.47. The summed E-state index contributed by atoms with van der Waals surface area (Å²) in [4.78, 5) is 23.5. The third-order valence-electron chi connectivity index (χ3n) is 3.74. The molecule has 0 saturated heterocycles. The molecule has 0 fully saturated rings. The van der Waals surface area contributed by atoms with Crippen LogP contribution >= 0.6 is 0 Å². The van der Waals surface area contributed by atoms with Crippen LogP contribution in [0.5, 0.6) is 0 Å². The Bertz CT molecular complexity index is 768. The van der Waals surface area contributed by atoms with E-state index in [0.717, 1.165) is 0 Å². The summed E-state index contributed by atoms with van der Waals surface area (Å²) in [6.45, 7) is 8.72. The molecule has 1 unspecified atom stereocenters. The van der Waals surface area contributed by atoms with Gasteiger partial charge >= 0.3 is 5.97 Å². The van der Waals surface area contributed by atoms with E-state index in [1.807, 2.05) is 0 Å². The maximum Gasteiger partial charge on any atom is 0.305 e. The van der Waals surface area contributed by atoms with E-state index in [2.05, 4.69) is 10.0 Å². The third-order valence-corrected chi connectivity index (χ3v) is 5.38. The molecule has 26 heavy (non-hydrogen) atoms. The molecule has 1 amide bonds. The van der Waals surface area contributed by atoms with Gasteiger partial charge < -0.3 is 10.4 Å². The molecule has 8 heteroatoms. The summed E-state index contributed by atoms with van der Waals surface area (Å²) in [5, 5.41) is 11.7. The zero-order chi connectivity index (χ0) is 20.2. The van der Waals surface area contributed by atoms with Crippen LogP contribution in [0, 0.1) is 0 Å². The maximum atomic E-state index is 12.5. The Morgan fingerprint density at radius 3 is 2.27 bits per heavy atom. The normalized spacial score (nSPS) is 14.5. The smallest absolute Gasteiger partial charge is 0.305 e. The molecule has 0 aromatic heterocycles. The Kier molecular flexibility index (Phi) is 6.95. The van der Waals surface area contributed by atoms with Gasteiger partial charge in [0.2, 0.25) is 10.0 Å². The van der Waals surface area contributed by atoms with Crippen molar-refractivity contribution in [3.63, 3.8) is 0 Å². The number of rotatable bonds is 8. The van der Waals surface area contributed by atoms with Crippen LogP contribution in [0.25, 0.3) is 0 Å². The first-order valence-electron chi connectivity index (χ1n) is 8.40. The van der Waals surface area contributed by atoms with Crippen LogP contribution in [-0.2, 0) is 20.6 Å².